The van der Waals surface area contributed by atoms with Crippen molar-refractivity contribution in [3.05, 3.63) is 83.9 Å². The maximum absolute atomic E-state index is 12.2. The molecule has 32 heavy (non-hydrogen) atoms. The third-order valence-corrected chi connectivity index (χ3v) is 4.23. The molecule has 0 fully saturated rings. The van der Waals surface area contributed by atoms with Crippen LogP contribution in [0.2, 0.25) is 0 Å². The van der Waals surface area contributed by atoms with Gasteiger partial charge in [-0.1, -0.05) is 18.2 Å². The van der Waals surface area contributed by atoms with Crippen LogP contribution in [-0.4, -0.2) is 38.9 Å². The Bertz CT molecular complexity index is 1080. The topological polar surface area (TPSA) is 95.5 Å². The average molecular weight is 434 g/mol. The van der Waals surface area contributed by atoms with Crippen molar-refractivity contribution in [3.63, 3.8) is 0 Å². The van der Waals surface area contributed by atoms with Crippen LogP contribution in [0, 0.1) is 0 Å². The second-order valence-corrected chi connectivity index (χ2v) is 6.42. The van der Waals surface area contributed by atoms with Gasteiger partial charge in [-0.2, -0.15) is 5.10 Å². The first-order chi connectivity index (χ1) is 15.6. The number of hydrazone groups is 1. The van der Waals surface area contributed by atoms with Gasteiger partial charge in [-0.05, 0) is 60.2 Å². The molecule has 0 saturated heterocycles. The molecule has 0 spiro atoms. The Morgan fingerprint density at radius 1 is 0.875 bits per heavy atom. The normalized spacial score (nSPS) is 10.4. The Balaban J connectivity index is 1.53. The number of esters is 1. The summed E-state index contributed by atoms with van der Waals surface area (Å²) in [6, 6.07) is 20.4. The van der Waals surface area contributed by atoms with Crippen LogP contribution in [0.3, 0.4) is 0 Å². The number of nitrogens with zero attached hydrogens (tertiary/aromatic N) is 1. The molecular formula is C24H22N2O6. The predicted molar refractivity (Wildman–Crippen MR) is 119 cm³/mol. The number of carbonyl (C=O) groups is 2. The molecule has 0 unspecified atom stereocenters. The van der Waals surface area contributed by atoms with E-state index in [4.69, 9.17) is 18.9 Å². The van der Waals surface area contributed by atoms with E-state index in [1.54, 1.807) is 73.8 Å². The van der Waals surface area contributed by atoms with Gasteiger partial charge in [0.15, 0.2) is 18.1 Å². The summed E-state index contributed by atoms with van der Waals surface area (Å²) < 4.78 is 21.2. The first-order valence-electron chi connectivity index (χ1n) is 9.63. The molecule has 0 aromatic heterocycles. The van der Waals surface area contributed by atoms with Crippen molar-refractivity contribution in [2.45, 2.75) is 0 Å². The van der Waals surface area contributed by atoms with E-state index >= 15 is 0 Å². The minimum atomic E-state index is -0.491. The van der Waals surface area contributed by atoms with Crippen molar-refractivity contribution in [1.29, 1.82) is 0 Å². The Morgan fingerprint density at radius 3 is 2.28 bits per heavy atom. The number of carbonyl (C=O) groups excluding carboxylic acids is 2. The van der Waals surface area contributed by atoms with Crippen LogP contribution in [0.15, 0.2) is 77.9 Å². The number of hydrogen-bond acceptors (Lipinski definition) is 7. The summed E-state index contributed by atoms with van der Waals surface area (Å²) in [5.41, 5.74) is 3.45. The molecule has 1 N–H and O–H groups in total. The summed E-state index contributed by atoms with van der Waals surface area (Å²) in [6.07, 6.45) is 1.44. The molecule has 0 bridgehead atoms. The van der Waals surface area contributed by atoms with E-state index in [1.165, 1.54) is 13.3 Å². The van der Waals surface area contributed by atoms with Crippen molar-refractivity contribution in [1.82, 2.24) is 5.43 Å². The van der Waals surface area contributed by atoms with Gasteiger partial charge in [-0.25, -0.2) is 10.2 Å². The molecule has 0 heterocycles. The molecule has 8 nitrogen and oxygen atoms in total. The Kier molecular flexibility index (Phi) is 7.80. The van der Waals surface area contributed by atoms with Crippen molar-refractivity contribution in [3.8, 4) is 23.0 Å². The van der Waals surface area contributed by atoms with Crippen molar-refractivity contribution in [2.75, 3.05) is 20.8 Å². The van der Waals surface area contributed by atoms with Gasteiger partial charge >= 0.3 is 5.97 Å². The quantitative estimate of drug-likeness (QED) is 0.240. The fourth-order valence-electron chi connectivity index (χ4n) is 2.61. The zero-order chi connectivity index (χ0) is 22.8. The first kappa shape index (κ1) is 22.4. The largest absolute Gasteiger partial charge is 0.497 e. The lowest BCUT2D eigenvalue weighted by atomic mass is 10.2. The van der Waals surface area contributed by atoms with Gasteiger partial charge in [0.2, 0.25) is 0 Å². The second-order valence-electron chi connectivity index (χ2n) is 6.42. The summed E-state index contributed by atoms with van der Waals surface area (Å²) in [6.45, 7) is -0.193. The highest BCUT2D eigenvalue weighted by molar-refractivity contribution is 5.91. The SMILES string of the molecule is COc1ccc(OCC(=O)N/N=C/c2ccc(OC(=O)c3ccccc3)c(OC)c2)cc1. The molecule has 3 rings (SSSR count). The van der Waals surface area contributed by atoms with Crippen LogP contribution in [-0.2, 0) is 4.79 Å². The van der Waals surface area contributed by atoms with E-state index < -0.39 is 11.9 Å². The average Bonchev–Trinajstić information content (AvgIpc) is 2.84. The number of ether oxygens (including phenoxy) is 4. The maximum atomic E-state index is 12.2. The number of nitrogens with one attached hydrogen (secondary N) is 1. The van der Waals surface area contributed by atoms with Gasteiger partial charge in [0, 0.05) is 0 Å². The van der Waals surface area contributed by atoms with Gasteiger partial charge in [0.05, 0.1) is 26.0 Å². The lowest BCUT2D eigenvalue weighted by Crippen LogP contribution is -2.24. The highest BCUT2D eigenvalue weighted by Gasteiger charge is 2.12. The fourth-order valence-corrected chi connectivity index (χ4v) is 2.61. The molecule has 3 aromatic rings. The molecule has 3 aromatic carbocycles. The van der Waals surface area contributed by atoms with Gasteiger partial charge < -0.3 is 18.9 Å². The van der Waals surface area contributed by atoms with Crippen LogP contribution < -0.4 is 24.4 Å². The summed E-state index contributed by atoms with van der Waals surface area (Å²) in [4.78, 5) is 24.1. The number of hydrogen-bond donors (Lipinski definition) is 1. The molecule has 0 atom stereocenters. The van der Waals surface area contributed by atoms with Crippen LogP contribution in [0.4, 0.5) is 0 Å². The predicted octanol–water partition coefficient (Wildman–Crippen LogP) is 3.45. The first-order valence-corrected chi connectivity index (χ1v) is 9.63. The van der Waals surface area contributed by atoms with Crippen LogP contribution in [0.1, 0.15) is 15.9 Å². The number of methoxy groups -OCH3 is 2. The van der Waals surface area contributed by atoms with E-state index in [2.05, 4.69) is 10.5 Å². The third-order valence-electron chi connectivity index (χ3n) is 4.23. The van der Waals surface area contributed by atoms with Crippen LogP contribution in [0.25, 0.3) is 0 Å². The van der Waals surface area contributed by atoms with Crippen molar-refractivity contribution < 1.29 is 28.5 Å². The van der Waals surface area contributed by atoms with Crippen LogP contribution >= 0.6 is 0 Å². The standard InChI is InChI=1S/C24H22N2O6/c1-29-19-9-11-20(12-10-19)31-16-23(27)26-25-15-17-8-13-21(22(14-17)30-2)32-24(28)18-6-4-3-5-7-18/h3-15H,16H2,1-2H3,(H,26,27)/b25-15+. The van der Waals surface area contributed by atoms with E-state index in [0.29, 0.717) is 28.4 Å². The maximum Gasteiger partial charge on any atom is 0.343 e. The minimum absolute atomic E-state index is 0.193. The molecular weight excluding hydrogens is 412 g/mol. The summed E-state index contributed by atoms with van der Waals surface area (Å²) in [5.74, 6) is 0.952. The molecule has 0 aliphatic carbocycles. The summed E-state index contributed by atoms with van der Waals surface area (Å²) >= 11 is 0. The summed E-state index contributed by atoms with van der Waals surface area (Å²) in [7, 11) is 3.04. The summed E-state index contributed by atoms with van der Waals surface area (Å²) in [5, 5.41) is 3.91. The monoisotopic (exact) mass is 434 g/mol. The molecule has 8 heteroatoms. The van der Waals surface area contributed by atoms with E-state index in [1.807, 2.05) is 6.07 Å². The number of benzene rings is 3. The van der Waals surface area contributed by atoms with Gasteiger partial charge in [0.1, 0.15) is 11.5 Å². The molecule has 0 aliphatic heterocycles. The molecule has 0 radical (unpaired) electrons. The Hall–Kier alpha value is -4.33. The Labute approximate surface area is 185 Å². The number of rotatable bonds is 9. The third kappa shape index (κ3) is 6.33. The smallest absolute Gasteiger partial charge is 0.343 e. The number of amides is 1. The molecule has 0 saturated carbocycles. The van der Waals surface area contributed by atoms with E-state index in [9.17, 15) is 9.59 Å². The van der Waals surface area contributed by atoms with Gasteiger partial charge in [-0.15, -0.1) is 0 Å². The molecule has 1 amide bonds. The highest BCUT2D eigenvalue weighted by atomic mass is 16.6. The second kappa shape index (κ2) is 11.2. The lowest BCUT2D eigenvalue weighted by molar-refractivity contribution is -0.123. The van der Waals surface area contributed by atoms with Gasteiger partial charge in [-0.3, -0.25) is 4.79 Å². The van der Waals surface area contributed by atoms with Gasteiger partial charge in [0.25, 0.3) is 5.91 Å². The fraction of sp³-hybridized carbons (Fsp3) is 0.125. The lowest BCUT2D eigenvalue weighted by Gasteiger charge is -2.10. The zero-order valence-corrected chi connectivity index (χ0v) is 17.6. The van der Waals surface area contributed by atoms with E-state index in [-0.39, 0.29) is 12.4 Å². The highest BCUT2D eigenvalue weighted by Crippen LogP contribution is 2.28. The van der Waals surface area contributed by atoms with E-state index in [0.717, 1.165) is 0 Å². The van der Waals surface area contributed by atoms with Crippen LogP contribution in [0.5, 0.6) is 23.0 Å². The van der Waals surface area contributed by atoms with Crippen molar-refractivity contribution >= 4 is 18.1 Å². The molecule has 164 valence electrons. The minimum Gasteiger partial charge on any atom is -0.497 e. The zero-order valence-electron chi connectivity index (χ0n) is 17.6. The van der Waals surface area contributed by atoms with Crippen molar-refractivity contribution in [2.24, 2.45) is 5.10 Å². The Morgan fingerprint density at radius 2 is 1.59 bits per heavy atom. The molecule has 0 aliphatic rings.